The zero-order chi connectivity index (χ0) is 13.8. The van der Waals surface area contributed by atoms with Crippen LogP contribution in [-0.2, 0) is 4.79 Å². The molecule has 0 saturated carbocycles. The zero-order valence-electron chi connectivity index (χ0n) is 10.2. The molecule has 0 atom stereocenters. The van der Waals surface area contributed by atoms with Crippen molar-refractivity contribution in [2.45, 2.75) is 6.92 Å². The van der Waals surface area contributed by atoms with Crippen LogP contribution in [0.5, 0.6) is 0 Å². The second-order valence-electron chi connectivity index (χ2n) is 3.88. The number of nitro groups is 1. The number of amides is 1. The fraction of sp³-hybridized carbons (Fsp3) is 0.0769. The fourth-order valence-electron chi connectivity index (χ4n) is 1.68. The number of pyridine rings is 1. The number of carbonyl (C=O) groups excluding carboxylic acids is 1. The molecule has 0 aliphatic rings. The summed E-state index contributed by atoms with van der Waals surface area (Å²) in [6.45, 7) is 1.35. The highest BCUT2D eigenvalue weighted by Crippen LogP contribution is 2.30. The lowest BCUT2D eigenvalue weighted by Crippen LogP contribution is -2.07. The van der Waals surface area contributed by atoms with E-state index in [-0.39, 0.29) is 11.6 Å². The van der Waals surface area contributed by atoms with Crippen molar-refractivity contribution in [3.63, 3.8) is 0 Å². The summed E-state index contributed by atoms with van der Waals surface area (Å²) >= 11 is 0. The lowest BCUT2D eigenvalue weighted by Gasteiger charge is -2.09. The van der Waals surface area contributed by atoms with E-state index in [0.29, 0.717) is 16.9 Å². The first kappa shape index (κ1) is 12.7. The molecule has 6 nitrogen and oxygen atoms in total. The highest BCUT2D eigenvalue weighted by Gasteiger charge is 2.13. The van der Waals surface area contributed by atoms with Crippen molar-refractivity contribution in [3.05, 3.63) is 52.7 Å². The van der Waals surface area contributed by atoms with Crippen molar-refractivity contribution < 1.29 is 9.72 Å². The summed E-state index contributed by atoms with van der Waals surface area (Å²) in [5.74, 6) is -0.294. The highest BCUT2D eigenvalue weighted by molar-refractivity contribution is 5.94. The minimum Gasteiger partial charge on any atom is -0.325 e. The Labute approximate surface area is 109 Å². The van der Waals surface area contributed by atoms with Crippen molar-refractivity contribution in [1.29, 1.82) is 0 Å². The van der Waals surface area contributed by atoms with Gasteiger partial charge in [0.2, 0.25) is 5.91 Å². The molecule has 6 heteroatoms. The summed E-state index contributed by atoms with van der Waals surface area (Å²) in [4.78, 5) is 25.6. The molecule has 96 valence electrons. The first-order valence-electron chi connectivity index (χ1n) is 5.55. The Hall–Kier alpha value is -2.76. The molecule has 1 aromatic carbocycles. The maximum Gasteiger partial charge on any atom is 0.271 e. The number of anilines is 1. The van der Waals surface area contributed by atoms with Crippen LogP contribution >= 0.6 is 0 Å². The fourth-order valence-corrected chi connectivity index (χ4v) is 1.68. The van der Waals surface area contributed by atoms with Gasteiger partial charge in [-0.1, -0.05) is 6.07 Å². The third-order valence-corrected chi connectivity index (χ3v) is 2.47. The second-order valence-corrected chi connectivity index (χ2v) is 3.88. The van der Waals surface area contributed by atoms with E-state index >= 15 is 0 Å². The number of hydrogen-bond acceptors (Lipinski definition) is 4. The van der Waals surface area contributed by atoms with Crippen molar-refractivity contribution in [2.24, 2.45) is 0 Å². The normalized spacial score (nSPS) is 9.95. The molecule has 2 rings (SSSR count). The molecule has 0 bridgehead atoms. The number of benzene rings is 1. The van der Waals surface area contributed by atoms with E-state index in [2.05, 4.69) is 10.3 Å². The van der Waals surface area contributed by atoms with Gasteiger partial charge in [-0.05, 0) is 18.2 Å². The molecule has 0 spiro atoms. The van der Waals surface area contributed by atoms with Gasteiger partial charge in [0, 0.05) is 30.8 Å². The molecule has 0 aliphatic carbocycles. The minimum atomic E-state index is -0.506. The van der Waals surface area contributed by atoms with Gasteiger partial charge in [-0.2, -0.15) is 0 Å². The average molecular weight is 257 g/mol. The number of non-ortho nitro benzene ring substituents is 1. The Balaban J connectivity index is 2.54. The lowest BCUT2D eigenvalue weighted by atomic mass is 10.1. The summed E-state index contributed by atoms with van der Waals surface area (Å²) in [6.07, 6.45) is 1.62. The van der Waals surface area contributed by atoms with E-state index in [1.54, 1.807) is 30.5 Å². The number of aromatic nitrogens is 1. The van der Waals surface area contributed by atoms with E-state index in [4.69, 9.17) is 0 Å². The average Bonchev–Trinajstić information content (AvgIpc) is 2.39. The standard InChI is InChI=1S/C13H11N3O3/c1-9(17)15-13-8-10(16(18)19)5-6-11(13)12-4-2-3-7-14-12/h2-8H,1H3,(H,15,17). The lowest BCUT2D eigenvalue weighted by molar-refractivity contribution is -0.384. The first-order valence-corrected chi connectivity index (χ1v) is 5.55. The van der Waals surface area contributed by atoms with Crippen LogP contribution in [0, 0.1) is 10.1 Å². The monoisotopic (exact) mass is 257 g/mol. The predicted octanol–water partition coefficient (Wildman–Crippen LogP) is 2.62. The van der Waals surface area contributed by atoms with Crippen molar-refractivity contribution in [3.8, 4) is 11.3 Å². The van der Waals surface area contributed by atoms with Crippen LogP contribution in [0.1, 0.15) is 6.92 Å². The Bertz CT molecular complexity index is 626. The van der Waals surface area contributed by atoms with E-state index in [0.717, 1.165) is 0 Å². The number of rotatable bonds is 3. The summed E-state index contributed by atoms with van der Waals surface area (Å²) in [5.41, 5.74) is 1.58. The molecule has 2 aromatic rings. The number of nitrogens with zero attached hydrogens (tertiary/aromatic N) is 2. The van der Waals surface area contributed by atoms with Gasteiger partial charge in [0.15, 0.2) is 0 Å². The minimum absolute atomic E-state index is 0.0802. The van der Waals surface area contributed by atoms with E-state index in [1.807, 2.05) is 0 Å². The van der Waals surface area contributed by atoms with Crippen LogP contribution < -0.4 is 5.32 Å². The van der Waals surface area contributed by atoms with Gasteiger partial charge in [-0.3, -0.25) is 19.9 Å². The molecule has 1 amide bonds. The third kappa shape index (κ3) is 2.92. The maximum absolute atomic E-state index is 11.2. The molecule has 19 heavy (non-hydrogen) atoms. The van der Waals surface area contributed by atoms with Gasteiger partial charge in [0.25, 0.3) is 5.69 Å². The Morgan fingerprint density at radius 2 is 2.11 bits per heavy atom. The molecule has 0 unspecified atom stereocenters. The quantitative estimate of drug-likeness (QED) is 0.676. The molecule has 1 aromatic heterocycles. The summed E-state index contributed by atoms with van der Waals surface area (Å²) in [7, 11) is 0. The van der Waals surface area contributed by atoms with Crippen LogP contribution in [0.15, 0.2) is 42.6 Å². The summed E-state index contributed by atoms with van der Waals surface area (Å²) in [5, 5.41) is 13.3. The van der Waals surface area contributed by atoms with Crippen LogP contribution in [0.4, 0.5) is 11.4 Å². The molecule has 0 fully saturated rings. The molecule has 1 heterocycles. The molecule has 0 saturated heterocycles. The van der Waals surface area contributed by atoms with Crippen LogP contribution in [0.3, 0.4) is 0 Å². The highest BCUT2D eigenvalue weighted by atomic mass is 16.6. The van der Waals surface area contributed by atoms with Crippen LogP contribution in [-0.4, -0.2) is 15.8 Å². The molecule has 1 N–H and O–H groups in total. The SMILES string of the molecule is CC(=O)Nc1cc([N+](=O)[O-])ccc1-c1ccccn1. The molecule has 0 aliphatic heterocycles. The number of nitro benzene ring substituents is 1. The third-order valence-electron chi connectivity index (χ3n) is 2.47. The van der Waals surface area contributed by atoms with E-state index in [9.17, 15) is 14.9 Å². The predicted molar refractivity (Wildman–Crippen MR) is 70.6 cm³/mol. The van der Waals surface area contributed by atoms with Crippen molar-refractivity contribution in [1.82, 2.24) is 4.98 Å². The summed E-state index contributed by atoms with van der Waals surface area (Å²) in [6, 6.07) is 9.63. The number of nitrogens with one attached hydrogen (secondary N) is 1. The van der Waals surface area contributed by atoms with Gasteiger partial charge in [-0.25, -0.2) is 0 Å². The van der Waals surface area contributed by atoms with Gasteiger partial charge in [0.1, 0.15) is 0 Å². The Morgan fingerprint density at radius 3 is 2.68 bits per heavy atom. The van der Waals surface area contributed by atoms with E-state index < -0.39 is 4.92 Å². The Morgan fingerprint density at radius 1 is 1.32 bits per heavy atom. The van der Waals surface area contributed by atoms with Crippen LogP contribution in [0.25, 0.3) is 11.3 Å². The summed E-state index contributed by atoms with van der Waals surface area (Å²) < 4.78 is 0. The van der Waals surface area contributed by atoms with Crippen molar-refractivity contribution in [2.75, 3.05) is 5.32 Å². The molecular weight excluding hydrogens is 246 g/mol. The maximum atomic E-state index is 11.2. The van der Waals surface area contributed by atoms with E-state index in [1.165, 1.54) is 19.1 Å². The van der Waals surface area contributed by atoms with Crippen LogP contribution in [0.2, 0.25) is 0 Å². The zero-order valence-corrected chi connectivity index (χ0v) is 10.2. The topological polar surface area (TPSA) is 85.1 Å². The van der Waals surface area contributed by atoms with Gasteiger partial charge in [-0.15, -0.1) is 0 Å². The smallest absolute Gasteiger partial charge is 0.271 e. The number of hydrogen-bond donors (Lipinski definition) is 1. The molecular formula is C13H11N3O3. The first-order chi connectivity index (χ1) is 9.08. The van der Waals surface area contributed by atoms with Gasteiger partial charge in [0.05, 0.1) is 16.3 Å². The van der Waals surface area contributed by atoms with Crippen molar-refractivity contribution >= 4 is 17.3 Å². The Kier molecular flexibility index (Phi) is 3.51. The number of carbonyl (C=O) groups is 1. The largest absolute Gasteiger partial charge is 0.325 e. The molecule has 0 radical (unpaired) electrons. The van der Waals surface area contributed by atoms with Gasteiger partial charge >= 0.3 is 0 Å². The second kappa shape index (κ2) is 5.26. The van der Waals surface area contributed by atoms with Gasteiger partial charge < -0.3 is 5.32 Å².